The van der Waals surface area contributed by atoms with Crippen molar-refractivity contribution in [1.29, 1.82) is 0 Å². The van der Waals surface area contributed by atoms with E-state index >= 15 is 0 Å². The Morgan fingerprint density at radius 3 is 2.75 bits per heavy atom. The maximum absolute atomic E-state index is 12.3. The Morgan fingerprint density at radius 2 is 2.06 bits per heavy atom. The van der Waals surface area contributed by atoms with Crippen LogP contribution in [0.1, 0.15) is 35.3 Å². The first-order chi connectivity index (χ1) is 7.77. The van der Waals surface area contributed by atoms with E-state index in [-0.39, 0.29) is 5.92 Å². The fourth-order valence-corrected chi connectivity index (χ4v) is 2.47. The van der Waals surface area contributed by atoms with Crippen LogP contribution in [0.25, 0.3) is 10.9 Å². The number of aromatic amines is 1. The van der Waals surface area contributed by atoms with Crippen molar-refractivity contribution in [3.05, 3.63) is 35.5 Å². The molecule has 0 saturated heterocycles. The van der Waals surface area contributed by atoms with Crippen molar-refractivity contribution in [1.82, 2.24) is 4.98 Å². The predicted molar refractivity (Wildman–Crippen MR) is 64.7 cm³/mol. The van der Waals surface area contributed by atoms with Crippen LogP contribution in [0, 0.1) is 12.8 Å². The minimum atomic E-state index is 0.276. The summed E-state index contributed by atoms with van der Waals surface area (Å²) in [5.74, 6) is 0.610. The molecule has 2 aromatic rings. The Balaban J connectivity index is 2.14. The van der Waals surface area contributed by atoms with Crippen LogP contribution in [0.15, 0.2) is 24.3 Å². The Kier molecular flexibility index (Phi) is 2.10. The summed E-state index contributed by atoms with van der Waals surface area (Å²) in [5, 5.41) is 1.08. The van der Waals surface area contributed by atoms with Gasteiger partial charge in [0.25, 0.3) is 0 Å². The molecular weight excluding hydrogens is 198 g/mol. The topological polar surface area (TPSA) is 32.9 Å². The fraction of sp³-hybridized carbons (Fsp3) is 0.357. The summed E-state index contributed by atoms with van der Waals surface area (Å²) < 4.78 is 0. The average Bonchev–Trinajstić information content (AvgIpc) is 2.50. The highest BCUT2D eigenvalue weighted by Crippen LogP contribution is 2.33. The molecule has 0 unspecified atom stereocenters. The molecule has 82 valence electrons. The lowest BCUT2D eigenvalue weighted by Crippen LogP contribution is -2.22. The van der Waals surface area contributed by atoms with Crippen molar-refractivity contribution >= 4 is 16.7 Å². The Morgan fingerprint density at radius 1 is 1.31 bits per heavy atom. The molecule has 0 amide bonds. The summed E-state index contributed by atoms with van der Waals surface area (Å²) in [6.07, 6.45) is 3.34. The van der Waals surface area contributed by atoms with E-state index in [0.29, 0.717) is 5.78 Å². The van der Waals surface area contributed by atoms with Crippen molar-refractivity contribution in [2.24, 2.45) is 5.92 Å². The van der Waals surface area contributed by atoms with E-state index in [9.17, 15) is 4.79 Å². The second kappa shape index (κ2) is 3.48. The van der Waals surface area contributed by atoms with Crippen LogP contribution in [0.3, 0.4) is 0 Å². The summed E-state index contributed by atoms with van der Waals surface area (Å²) in [7, 11) is 0. The molecule has 16 heavy (non-hydrogen) atoms. The number of para-hydroxylation sites is 1. The largest absolute Gasteiger partial charge is 0.358 e. The Bertz CT molecular complexity index is 549. The zero-order valence-corrected chi connectivity index (χ0v) is 9.42. The number of hydrogen-bond donors (Lipinski definition) is 1. The van der Waals surface area contributed by atoms with Gasteiger partial charge < -0.3 is 4.98 Å². The smallest absolute Gasteiger partial charge is 0.168 e. The predicted octanol–water partition coefficient (Wildman–Crippen LogP) is 3.46. The molecule has 1 N–H and O–H groups in total. The highest BCUT2D eigenvalue weighted by molar-refractivity contribution is 6.10. The minimum absolute atomic E-state index is 0.276. The number of carbonyl (C=O) groups is 1. The lowest BCUT2D eigenvalue weighted by molar-refractivity contribution is 0.0856. The number of rotatable bonds is 2. The average molecular weight is 213 g/mol. The first-order valence-corrected chi connectivity index (χ1v) is 5.89. The van der Waals surface area contributed by atoms with Crippen LogP contribution in [0.2, 0.25) is 0 Å². The van der Waals surface area contributed by atoms with E-state index in [1.54, 1.807) is 0 Å². The molecule has 0 spiro atoms. The highest BCUT2D eigenvalue weighted by Gasteiger charge is 2.28. The van der Waals surface area contributed by atoms with Crippen molar-refractivity contribution in [2.75, 3.05) is 0 Å². The minimum Gasteiger partial charge on any atom is -0.358 e. The van der Waals surface area contributed by atoms with Crippen molar-refractivity contribution in [3.63, 3.8) is 0 Å². The van der Waals surface area contributed by atoms with Gasteiger partial charge in [0.15, 0.2) is 5.78 Å². The normalized spacial score (nSPS) is 16.3. The molecule has 1 saturated carbocycles. The molecule has 1 aromatic carbocycles. The van der Waals surface area contributed by atoms with Gasteiger partial charge in [-0.15, -0.1) is 0 Å². The maximum Gasteiger partial charge on any atom is 0.168 e. The van der Waals surface area contributed by atoms with Gasteiger partial charge >= 0.3 is 0 Å². The van der Waals surface area contributed by atoms with Gasteiger partial charge in [0.05, 0.1) is 0 Å². The van der Waals surface area contributed by atoms with Crippen LogP contribution < -0.4 is 0 Å². The maximum atomic E-state index is 12.3. The summed E-state index contributed by atoms with van der Waals surface area (Å²) in [4.78, 5) is 15.6. The first kappa shape index (κ1) is 9.64. The van der Waals surface area contributed by atoms with Gasteiger partial charge in [0, 0.05) is 28.1 Å². The third-order valence-corrected chi connectivity index (χ3v) is 3.62. The van der Waals surface area contributed by atoms with Gasteiger partial charge in [0.1, 0.15) is 0 Å². The number of ketones is 1. The molecule has 1 aliphatic carbocycles. The Labute approximate surface area is 94.7 Å². The number of fused-ring (bicyclic) bond motifs is 1. The number of nitrogens with one attached hydrogen (secondary N) is 1. The zero-order valence-electron chi connectivity index (χ0n) is 9.42. The SMILES string of the molecule is Cc1[nH]c2ccccc2c1C(=O)C1CCC1. The number of H-pyrrole nitrogens is 1. The van der Waals surface area contributed by atoms with Gasteiger partial charge in [-0.05, 0) is 25.8 Å². The van der Waals surface area contributed by atoms with Crippen LogP contribution in [0.5, 0.6) is 0 Å². The summed E-state index contributed by atoms with van der Waals surface area (Å²) >= 11 is 0. The number of aryl methyl sites for hydroxylation is 1. The summed E-state index contributed by atoms with van der Waals surface area (Å²) in [5.41, 5.74) is 3.00. The van der Waals surface area contributed by atoms with Crippen molar-refractivity contribution < 1.29 is 4.79 Å². The number of aromatic nitrogens is 1. The molecule has 1 heterocycles. The third kappa shape index (κ3) is 1.29. The van der Waals surface area contributed by atoms with Crippen LogP contribution >= 0.6 is 0 Å². The van der Waals surface area contributed by atoms with E-state index in [1.807, 2.05) is 31.2 Å². The van der Waals surface area contributed by atoms with Gasteiger partial charge in [0.2, 0.25) is 0 Å². The molecule has 2 heteroatoms. The molecule has 0 atom stereocenters. The molecule has 0 bridgehead atoms. The Hall–Kier alpha value is -1.57. The van der Waals surface area contributed by atoms with E-state index in [1.165, 1.54) is 6.42 Å². The van der Waals surface area contributed by atoms with Crippen molar-refractivity contribution in [3.8, 4) is 0 Å². The second-order valence-corrected chi connectivity index (χ2v) is 4.66. The molecule has 3 rings (SSSR count). The monoisotopic (exact) mass is 213 g/mol. The molecule has 1 fully saturated rings. The van der Waals surface area contributed by atoms with Gasteiger partial charge in [-0.2, -0.15) is 0 Å². The molecule has 0 radical (unpaired) electrons. The summed E-state index contributed by atoms with van der Waals surface area (Å²) in [6.45, 7) is 1.99. The van der Waals surface area contributed by atoms with Crippen LogP contribution in [-0.4, -0.2) is 10.8 Å². The highest BCUT2D eigenvalue weighted by atomic mass is 16.1. The van der Waals surface area contributed by atoms with E-state index < -0.39 is 0 Å². The second-order valence-electron chi connectivity index (χ2n) is 4.66. The lowest BCUT2D eigenvalue weighted by Gasteiger charge is -2.23. The van der Waals surface area contributed by atoms with Gasteiger partial charge in [-0.1, -0.05) is 24.6 Å². The molecular formula is C14H15NO. The molecule has 0 aliphatic heterocycles. The number of hydrogen-bond acceptors (Lipinski definition) is 1. The molecule has 1 aromatic heterocycles. The van der Waals surface area contributed by atoms with Gasteiger partial charge in [-0.25, -0.2) is 0 Å². The molecule has 1 aliphatic rings. The zero-order chi connectivity index (χ0) is 11.1. The standard InChI is InChI=1S/C14H15NO/c1-9-13(14(16)10-5-4-6-10)11-7-2-3-8-12(11)15-9/h2-3,7-8,10,15H,4-6H2,1H3. The van der Waals surface area contributed by atoms with Gasteiger partial charge in [-0.3, -0.25) is 4.79 Å². The first-order valence-electron chi connectivity index (χ1n) is 5.89. The van der Waals surface area contributed by atoms with Crippen molar-refractivity contribution in [2.45, 2.75) is 26.2 Å². The number of benzene rings is 1. The van der Waals surface area contributed by atoms with E-state index in [2.05, 4.69) is 4.98 Å². The third-order valence-electron chi connectivity index (χ3n) is 3.62. The quantitative estimate of drug-likeness (QED) is 0.761. The molecule has 2 nitrogen and oxygen atoms in total. The van der Waals surface area contributed by atoms with Crippen LogP contribution in [-0.2, 0) is 0 Å². The lowest BCUT2D eigenvalue weighted by atomic mass is 9.79. The number of carbonyl (C=O) groups excluding carboxylic acids is 1. The van der Waals surface area contributed by atoms with E-state index in [0.717, 1.165) is 35.0 Å². The fourth-order valence-electron chi connectivity index (χ4n) is 2.47. The number of Topliss-reactive ketones (excluding diaryl/α,β-unsaturated/α-hetero) is 1. The summed E-state index contributed by atoms with van der Waals surface area (Å²) in [6, 6.07) is 8.05. The van der Waals surface area contributed by atoms with E-state index in [4.69, 9.17) is 0 Å². The van der Waals surface area contributed by atoms with Crippen LogP contribution in [0.4, 0.5) is 0 Å².